The average Bonchev–Trinajstić information content (AvgIpc) is 3.25. The quantitative estimate of drug-likeness (QED) is 0.0195. The van der Waals surface area contributed by atoms with Crippen LogP contribution < -0.4 is 4.89 Å². The Labute approximate surface area is 394 Å². The van der Waals surface area contributed by atoms with Crippen LogP contribution in [0.4, 0.5) is 0 Å². The predicted molar refractivity (Wildman–Crippen MR) is 268 cm³/mol. The van der Waals surface area contributed by atoms with Crippen LogP contribution in [0.25, 0.3) is 0 Å². The van der Waals surface area contributed by atoms with E-state index in [-0.39, 0.29) is 26.1 Å². The molecule has 0 N–H and O–H groups in total. The lowest BCUT2D eigenvalue weighted by Gasteiger charge is -2.28. The summed E-state index contributed by atoms with van der Waals surface area (Å²) in [5.41, 5.74) is 0. The molecular weight excluding hydrogens is 822 g/mol. The minimum Gasteiger partial charge on any atom is -0.756 e. The van der Waals surface area contributed by atoms with Crippen molar-refractivity contribution in [3.8, 4) is 0 Å². The van der Waals surface area contributed by atoms with Gasteiger partial charge in [-0.3, -0.25) is 14.2 Å². The molecule has 372 valence electrons. The van der Waals surface area contributed by atoms with Crippen LogP contribution in [0.1, 0.15) is 219 Å². The van der Waals surface area contributed by atoms with Gasteiger partial charge < -0.3 is 27.9 Å². The van der Waals surface area contributed by atoms with Crippen LogP contribution in [-0.2, 0) is 32.7 Å². The van der Waals surface area contributed by atoms with Crippen molar-refractivity contribution in [3.05, 3.63) is 60.8 Å². The molecule has 64 heavy (non-hydrogen) atoms. The third-order valence-corrected chi connectivity index (χ3v) is 12.0. The maximum absolute atomic E-state index is 12.7. The Balaban J connectivity index is 4.29. The number of phosphoric acid groups is 1. The highest BCUT2D eigenvalue weighted by Gasteiger charge is 2.21. The zero-order valence-electron chi connectivity index (χ0n) is 42.0. The van der Waals surface area contributed by atoms with E-state index in [0.29, 0.717) is 17.4 Å². The molecule has 2 atom stereocenters. The minimum absolute atomic E-state index is 0.0365. The molecule has 0 aromatic carbocycles. The van der Waals surface area contributed by atoms with Gasteiger partial charge in [0.15, 0.2) is 6.10 Å². The number of rotatable bonds is 47. The highest BCUT2D eigenvalue weighted by atomic mass is 31.2. The number of unbranched alkanes of at least 4 members (excludes halogenated alkanes) is 23. The Bertz CT molecular complexity index is 1270. The lowest BCUT2D eigenvalue weighted by atomic mass is 10.1. The van der Waals surface area contributed by atoms with Crippen molar-refractivity contribution in [2.45, 2.75) is 225 Å². The largest absolute Gasteiger partial charge is 0.756 e. The number of carbonyl (C=O) groups is 2. The van der Waals surface area contributed by atoms with Gasteiger partial charge in [0.2, 0.25) is 0 Å². The molecule has 0 radical (unpaired) electrons. The number of ether oxygens (including phenoxy) is 2. The Kier molecular flexibility index (Phi) is 44.2. The first-order valence-electron chi connectivity index (χ1n) is 26.0. The maximum Gasteiger partial charge on any atom is 0.306 e. The number of hydrogen-bond acceptors (Lipinski definition) is 8. The third-order valence-electron chi connectivity index (χ3n) is 11.0. The summed E-state index contributed by atoms with van der Waals surface area (Å²) in [6.07, 6.45) is 56.7. The summed E-state index contributed by atoms with van der Waals surface area (Å²) in [5, 5.41) is 0. The topological polar surface area (TPSA) is 111 Å². The normalized spacial score (nSPS) is 13.9. The van der Waals surface area contributed by atoms with Gasteiger partial charge in [-0.25, -0.2) is 0 Å². The Hall–Kier alpha value is -2.29. The van der Waals surface area contributed by atoms with Crippen LogP contribution in [0.3, 0.4) is 0 Å². The molecule has 0 aromatic rings. The van der Waals surface area contributed by atoms with Crippen molar-refractivity contribution in [3.63, 3.8) is 0 Å². The summed E-state index contributed by atoms with van der Waals surface area (Å²) < 4.78 is 34.0. The molecule has 0 saturated heterocycles. The number of quaternary nitrogens is 1. The van der Waals surface area contributed by atoms with E-state index in [0.717, 1.165) is 89.9 Å². The van der Waals surface area contributed by atoms with E-state index in [1.54, 1.807) is 0 Å². The molecule has 0 spiro atoms. The average molecular weight is 920 g/mol. The van der Waals surface area contributed by atoms with E-state index < -0.39 is 32.5 Å². The number of phosphoric ester groups is 1. The van der Waals surface area contributed by atoms with E-state index in [1.165, 1.54) is 96.3 Å². The molecule has 2 unspecified atom stereocenters. The Morgan fingerprint density at radius 3 is 1.28 bits per heavy atom. The highest BCUT2D eigenvalue weighted by Crippen LogP contribution is 2.38. The molecule has 9 nitrogen and oxygen atoms in total. The van der Waals surface area contributed by atoms with Crippen molar-refractivity contribution < 1.29 is 42.1 Å². The zero-order chi connectivity index (χ0) is 47.1. The monoisotopic (exact) mass is 920 g/mol. The Morgan fingerprint density at radius 2 is 0.844 bits per heavy atom. The lowest BCUT2D eigenvalue weighted by Crippen LogP contribution is -2.37. The molecule has 0 fully saturated rings. The van der Waals surface area contributed by atoms with Crippen LogP contribution in [0.5, 0.6) is 0 Å². The smallest absolute Gasteiger partial charge is 0.306 e. The fourth-order valence-corrected chi connectivity index (χ4v) is 7.66. The van der Waals surface area contributed by atoms with Gasteiger partial charge >= 0.3 is 11.9 Å². The first kappa shape index (κ1) is 61.7. The summed E-state index contributed by atoms with van der Waals surface area (Å²) in [6, 6.07) is 0. The summed E-state index contributed by atoms with van der Waals surface area (Å²) in [5.74, 6) is -0.852. The van der Waals surface area contributed by atoms with Gasteiger partial charge in [-0.05, 0) is 83.5 Å². The fourth-order valence-electron chi connectivity index (χ4n) is 6.93. The Morgan fingerprint density at radius 1 is 0.484 bits per heavy atom. The van der Waals surface area contributed by atoms with E-state index in [4.69, 9.17) is 18.5 Å². The van der Waals surface area contributed by atoms with E-state index in [2.05, 4.69) is 74.6 Å². The second-order valence-corrected chi connectivity index (χ2v) is 19.9. The van der Waals surface area contributed by atoms with Gasteiger partial charge in [-0.2, -0.15) is 0 Å². The first-order valence-corrected chi connectivity index (χ1v) is 27.5. The zero-order valence-corrected chi connectivity index (χ0v) is 42.9. The molecule has 0 amide bonds. The van der Waals surface area contributed by atoms with Crippen molar-refractivity contribution >= 4 is 19.8 Å². The summed E-state index contributed by atoms with van der Waals surface area (Å²) in [6.45, 7) is 4.18. The molecule has 0 heterocycles. The van der Waals surface area contributed by atoms with Gasteiger partial charge in [0, 0.05) is 12.8 Å². The van der Waals surface area contributed by atoms with Crippen LogP contribution in [0.15, 0.2) is 60.8 Å². The molecule has 0 rings (SSSR count). The molecule has 10 heteroatoms. The molecule has 0 saturated carbocycles. The van der Waals surface area contributed by atoms with Crippen molar-refractivity contribution in [2.75, 3.05) is 47.5 Å². The SMILES string of the molecule is CCCCC/C=C\C/C=C\CCCCCCCCCCCC(=O)OCC(COP(=O)([O-])OCC[N+](C)(C)C)OC(=O)CCCCCCCC/C=C\C/C=C\C/C=C\CCCCCCC. The van der Waals surface area contributed by atoms with E-state index in [1.807, 2.05) is 21.1 Å². The second-order valence-electron chi connectivity index (χ2n) is 18.5. The minimum atomic E-state index is -4.64. The summed E-state index contributed by atoms with van der Waals surface area (Å²) in [7, 11) is 1.15. The van der Waals surface area contributed by atoms with Gasteiger partial charge in [0.1, 0.15) is 19.8 Å². The van der Waals surface area contributed by atoms with Crippen molar-refractivity contribution in [2.24, 2.45) is 0 Å². The summed E-state index contributed by atoms with van der Waals surface area (Å²) in [4.78, 5) is 37.7. The van der Waals surface area contributed by atoms with Crippen molar-refractivity contribution in [1.82, 2.24) is 0 Å². The molecule has 0 aliphatic carbocycles. The number of carbonyl (C=O) groups excluding carboxylic acids is 2. The van der Waals surface area contributed by atoms with E-state index in [9.17, 15) is 19.0 Å². The maximum atomic E-state index is 12.7. The van der Waals surface area contributed by atoms with Gasteiger partial charge in [-0.1, -0.05) is 184 Å². The standard InChI is InChI=1S/C54H98NO8P/c1-6-8-10-12-14-16-18-20-22-24-26-27-29-31-33-35-37-39-41-43-45-47-54(57)63-52(51-62-64(58,59)61-49-48-55(3,4)5)50-60-53(56)46-44-42-40-38-36-34-32-30-28-25-23-21-19-17-15-13-11-9-7-2/h15,17-18,20-21,23-24,26,29,31,52H,6-14,16,19,22,25,27-28,30,32-51H2,1-5H3/b17-15-,20-18-,23-21-,26-24-,31-29-. The van der Waals surface area contributed by atoms with E-state index >= 15 is 0 Å². The van der Waals surface area contributed by atoms with Gasteiger partial charge in [0.05, 0.1) is 27.7 Å². The predicted octanol–water partition coefficient (Wildman–Crippen LogP) is 15.0. The number of likely N-dealkylation sites (N-methyl/N-ethyl adjacent to an activating group) is 1. The molecule has 0 aromatic heterocycles. The number of hydrogen-bond donors (Lipinski definition) is 0. The fraction of sp³-hybridized carbons (Fsp3) is 0.778. The van der Waals surface area contributed by atoms with Crippen LogP contribution >= 0.6 is 7.82 Å². The molecule has 0 bridgehead atoms. The van der Waals surface area contributed by atoms with Gasteiger partial charge in [-0.15, -0.1) is 0 Å². The molecular formula is C54H98NO8P. The van der Waals surface area contributed by atoms with Crippen LogP contribution in [0, 0.1) is 0 Å². The lowest BCUT2D eigenvalue weighted by molar-refractivity contribution is -0.870. The number of allylic oxidation sites excluding steroid dienone is 10. The second kappa shape index (κ2) is 45.8. The number of nitrogens with zero attached hydrogens (tertiary/aromatic N) is 1. The van der Waals surface area contributed by atoms with Crippen molar-refractivity contribution in [1.29, 1.82) is 0 Å². The number of esters is 2. The third kappa shape index (κ3) is 49.2. The molecule has 0 aliphatic rings. The highest BCUT2D eigenvalue weighted by molar-refractivity contribution is 7.45. The summed E-state index contributed by atoms with van der Waals surface area (Å²) >= 11 is 0. The molecule has 0 aliphatic heterocycles. The van der Waals surface area contributed by atoms with Crippen LogP contribution in [0.2, 0.25) is 0 Å². The first-order chi connectivity index (χ1) is 31.0. The van der Waals surface area contributed by atoms with Gasteiger partial charge in [0.25, 0.3) is 7.82 Å². The van der Waals surface area contributed by atoms with Crippen LogP contribution in [-0.4, -0.2) is 70.0 Å².